The van der Waals surface area contributed by atoms with Crippen molar-refractivity contribution in [2.45, 2.75) is 32.7 Å². The highest BCUT2D eigenvalue weighted by Gasteiger charge is 2.30. The van der Waals surface area contributed by atoms with Crippen molar-refractivity contribution in [1.29, 1.82) is 5.26 Å². The van der Waals surface area contributed by atoms with E-state index in [0.717, 1.165) is 40.6 Å². The lowest BCUT2D eigenvalue weighted by Crippen LogP contribution is -1.99. The molecule has 30 heavy (non-hydrogen) atoms. The first-order valence-electron chi connectivity index (χ1n) is 9.90. The van der Waals surface area contributed by atoms with Crippen LogP contribution in [0.1, 0.15) is 41.3 Å². The molecule has 0 unspecified atom stereocenters. The zero-order valence-electron chi connectivity index (χ0n) is 16.9. The molecule has 152 valence electrons. The van der Waals surface area contributed by atoms with Gasteiger partial charge in [-0.05, 0) is 48.7 Å². The lowest BCUT2D eigenvalue weighted by Gasteiger charge is -2.10. The molecule has 0 fully saturated rings. The predicted octanol–water partition coefficient (Wildman–Crippen LogP) is 4.84. The number of Topliss-reactive ketones (excluding diaryl/α,β-unsaturated/α-hetero) is 1. The highest BCUT2D eigenvalue weighted by Crippen LogP contribution is 2.38. The summed E-state index contributed by atoms with van der Waals surface area (Å²) in [6.07, 6.45) is 5.72. The maximum atomic E-state index is 12.8. The van der Waals surface area contributed by atoms with Crippen molar-refractivity contribution in [1.82, 2.24) is 4.57 Å². The highest BCUT2D eigenvalue weighted by molar-refractivity contribution is 6.16. The second-order valence-corrected chi connectivity index (χ2v) is 7.17. The van der Waals surface area contributed by atoms with Crippen LogP contribution in [0.5, 0.6) is 17.2 Å². The molecule has 0 spiro atoms. The fourth-order valence-electron chi connectivity index (χ4n) is 3.89. The Hall–Kier alpha value is -3.72. The summed E-state index contributed by atoms with van der Waals surface area (Å²) in [5, 5.41) is 19.9. The van der Waals surface area contributed by atoms with Crippen LogP contribution in [0.4, 0.5) is 0 Å². The molecule has 0 atom stereocenters. The number of aromatic hydroxyl groups is 1. The van der Waals surface area contributed by atoms with E-state index >= 15 is 0 Å². The summed E-state index contributed by atoms with van der Waals surface area (Å²) in [5.41, 5.74) is 3.21. The van der Waals surface area contributed by atoms with Crippen molar-refractivity contribution in [3.05, 3.63) is 59.0 Å². The largest absolute Gasteiger partial charge is 0.507 e. The summed E-state index contributed by atoms with van der Waals surface area (Å²) in [6.45, 7) is 2.78. The number of benzene rings is 2. The molecule has 0 bridgehead atoms. The number of phenolic OH excluding ortho intramolecular Hbond substituents is 1. The van der Waals surface area contributed by atoms with E-state index in [2.05, 4.69) is 17.6 Å². The fourth-order valence-corrected chi connectivity index (χ4v) is 3.89. The number of fused-ring (bicyclic) bond motifs is 2. The number of hydrogen-bond donors (Lipinski definition) is 1. The number of hydrogen-bond acceptors (Lipinski definition) is 5. The molecule has 1 aromatic heterocycles. The van der Waals surface area contributed by atoms with E-state index in [4.69, 9.17) is 14.7 Å². The number of nitrogens with zero attached hydrogens (tertiary/aromatic N) is 2. The Bertz CT molecular complexity index is 1210. The third-order valence-electron chi connectivity index (χ3n) is 5.32. The Morgan fingerprint density at radius 1 is 1.33 bits per heavy atom. The van der Waals surface area contributed by atoms with Crippen LogP contribution in [0.15, 0.2) is 42.3 Å². The molecule has 2 heterocycles. The van der Waals surface area contributed by atoms with Gasteiger partial charge < -0.3 is 19.1 Å². The van der Waals surface area contributed by atoms with Crippen LogP contribution in [0.2, 0.25) is 0 Å². The maximum Gasteiger partial charge on any atom is 0.235 e. The van der Waals surface area contributed by atoms with Gasteiger partial charge in [0.25, 0.3) is 0 Å². The van der Waals surface area contributed by atoms with Gasteiger partial charge in [0.2, 0.25) is 5.78 Å². The molecule has 0 saturated heterocycles. The number of aryl methyl sites for hydroxylation is 2. The number of methoxy groups -OCH3 is 1. The first kappa shape index (κ1) is 19.6. The van der Waals surface area contributed by atoms with Gasteiger partial charge in [0.15, 0.2) is 5.76 Å². The minimum atomic E-state index is -0.341. The molecule has 4 rings (SSSR count). The number of rotatable bonds is 6. The van der Waals surface area contributed by atoms with Crippen molar-refractivity contribution < 1.29 is 19.4 Å². The van der Waals surface area contributed by atoms with E-state index < -0.39 is 0 Å². The van der Waals surface area contributed by atoms with E-state index in [1.54, 1.807) is 25.3 Å². The quantitative estimate of drug-likeness (QED) is 0.471. The number of ether oxygens (including phenoxy) is 2. The van der Waals surface area contributed by atoms with Crippen molar-refractivity contribution >= 4 is 22.8 Å². The number of aromatic nitrogens is 1. The van der Waals surface area contributed by atoms with Crippen molar-refractivity contribution in [3.63, 3.8) is 0 Å². The summed E-state index contributed by atoms with van der Waals surface area (Å²) in [5.74, 6) is 0.842. The van der Waals surface area contributed by atoms with Gasteiger partial charge in [0, 0.05) is 30.1 Å². The second-order valence-electron chi connectivity index (χ2n) is 7.17. The molecule has 3 aromatic rings. The Morgan fingerprint density at radius 2 is 2.17 bits per heavy atom. The summed E-state index contributed by atoms with van der Waals surface area (Å²) < 4.78 is 13.3. The Morgan fingerprint density at radius 3 is 2.87 bits per heavy atom. The zero-order chi connectivity index (χ0) is 21.3. The second kappa shape index (κ2) is 7.96. The van der Waals surface area contributed by atoms with Crippen LogP contribution in [0.25, 0.3) is 17.0 Å². The lowest BCUT2D eigenvalue weighted by molar-refractivity contribution is 0.101. The minimum Gasteiger partial charge on any atom is -0.507 e. The standard InChI is InChI=1S/C24H22N2O4/c1-3-15-11-17(29-2)13-18-16(14-26(23(15)18)10-5-4-9-25)12-21-24(28)22-19(27)7-6-8-20(22)30-21/h6-8,11-14,27H,3-5,10H2,1-2H3/b21-12-. The van der Waals surface area contributed by atoms with Crippen molar-refractivity contribution in [2.75, 3.05) is 7.11 Å². The third kappa shape index (κ3) is 3.29. The van der Waals surface area contributed by atoms with Gasteiger partial charge in [0.05, 0.1) is 18.7 Å². The monoisotopic (exact) mass is 402 g/mol. The van der Waals surface area contributed by atoms with Gasteiger partial charge in [0.1, 0.15) is 22.8 Å². The minimum absolute atomic E-state index is 0.0882. The average Bonchev–Trinajstić information content (AvgIpc) is 3.26. The molecule has 1 aliphatic rings. The number of phenols is 1. The molecule has 6 heteroatoms. The first-order chi connectivity index (χ1) is 14.6. The van der Waals surface area contributed by atoms with Crippen LogP contribution >= 0.6 is 0 Å². The van der Waals surface area contributed by atoms with Gasteiger partial charge >= 0.3 is 0 Å². The normalized spacial score (nSPS) is 14.0. The van der Waals surface area contributed by atoms with Crippen LogP contribution in [0, 0.1) is 11.3 Å². The van der Waals surface area contributed by atoms with Crippen LogP contribution in [0.3, 0.4) is 0 Å². The molecule has 1 aliphatic heterocycles. The van der Waals surface area contributed by atoms with Gasteiger partial charge in [-0.3, -0.25) is 4.79 Å². The smallest absolute Gasteiger partial charge is 0.235 e. The van der Waals surface area contributed by atoms with Gasteiger partial charge in [-0.25, -0.2) is 0 Å². The van der Waals surface area contributed by atoms with Gasteiger partial charge in [-0.1, -0.05) is 13.0 Å². The van der Waals surface area contributed by atoms with E-state index in [1.807, 2.05) is 18.3 Å². The molecule has 6 nitrogen and oxygen atoms in total. The van der Waals surface area contributed by atoms with Crippen molar-refractivity contribution in [2.24, 2.45) is 0 Å². The maximum absolute atomic E-state index is 12.8. The van der Waals surface area contributed by atoms with Crippen LogP contribution in [-0.2, 0) is 13.0 Å². The van der Waals surface area contributed by atoms with Crippen LogP contribution < -0.4 is 9.47 Å². The van der Waals surface area contributed by atoms with Gasteiger partial charge in [-0.2, -0.15) is 5.26 Å². The summed E-state index contributed by atoms with van der Waals surface area (Å²) in [6, 6.07) is 10.9. The number of nitriles is 1. The number of ketones is 1. The first-order valence-corrected chi connectivity index (χ1v) is 9.90. The molecule has 0 radical (unpaired) electrons. The third-order valence-corrected chi connectivity index (χ3v) is 5.32. The van der Waals surface area contributed by atoms with E-state index in [0.29, 0.717) is 18.7 Å². The molecule has 0 saturated carbocycles. The molecule has 0 aliphatic carbocycles. The summed E-state index contributed by atoms with van der Waals surface area (Å²) >= 11 is 0. The lowest BCUT2D eigenvalue weighted by atomic mass is 10.0. The average molecular weight is 402 g/mol. The van der Waals surface area contributed by atoms with Gasteiger partial charge in [-0.15, -0.1) is 0 Å². The highest BCUT2D eigenvalue weighted by atomic mass is 16.5. The molecule has 1 N–H and O–H groups in total. The SMILES string of the molecule is CCc1cc(OC)cc2c(/C=C3\Oc4cccc(O)c4C3=O)cn(CCCC#N)c12. The Labute approximate surface area is 174 Å². The van der Waals surface area contributed by atoms with Crippen molar-refractivity contribution in [3.8, 4) is 23.3 Å². The predicted molar refractivity (Wildman–Crippen MR) is 114 cm³/mol. The molecular weight excluding hydrogens is 380 g/mol. The molecule has 2 aromatic carbocycles. The van der Waals surface area contributed by atoms with E-state index in [-0.39, 0.29) is 22.9 Å². The van der Waals surface area contributed by atoms with E-state index in [9.17, 15) is 9.90 Å². The topological polar surface area (TPSA) is 84.5 Å². The van der Waals surface area contributed by atoms with Crippen LogP contribution in [-0.4, -0.2) is 22.6 Å². The number of allylic oxidation sites excluding steroid dienone is 1. The molecular formula is C24H22N2O4. The summed E-state index contributed by atoms with van der Waals surface area (Å²) in [7, 11) is 1.63. The Kier molecular flexibility index (Phi) is 5.20. The zero-order valence-corrected chi connectivity index (χ0v) is 16.9. The van der Waals surface area contributed by atoms with E-state index in [1.165, 1.54) is 6.07 Å². The number of carbonyl (C=O) groups is 1. The molecule has 0 amide bonds. The summed E-state index contributed by atoms with van der Waals surface area (Å²) in [4.78, 5) is 12.8. The fraction of sp³-hybridized carbons (Fsp3) is 0.250. The Balaban J connectivity index is 1.85. The number of carbonyl (C=O) groups excluding carboxylic acids is 1. The number of unbranched alkanes of at least 4 members (excludes halogenated alkanes) is 1.